The predicted octanol–water partition coefficient (Wildman–Crippen LogP) is 4.39. The smallest absolute Gasteiger partial charge is 0.0632 e. The van der Waals surface area contributed by atoms with Crippen molar-refractivity contribution in [2.24, 2.45) is 0 Å². The molecule has 0 saturated heterocycles. The Morgan fingerprint density at radius 3 is 1.38 bits per heavy atom. The maximum absolute atomic E-state index is 2.42. The number of hydrogen-bond acceptors (Lipinski definition) is 0. The number of rotatable bonds is 3. The fourth-order valence-corrected chi connectivity index (χ4v) is 3.43. The molecule has 0 bridgehead atoms. The topological polar surface area (TPSA) is 0 Å². The summed E-state index contributed by atoms with van der Waals surface area (Å²) in [4.78, 5) is 0. The second-order valence-electron chi connectivity index (χ2n) is 10.1. The molecule has 0 heterocycles. The molecule has 0 aliphatic heterocycles. The van der Waals surface area contributed by atoms with E-state index in [-0.39, 0.29) is 16.0 Å². The van der Waals surface area contributed by atoms with Crippen LogP contribution in [0.5, 0.6) is 0 Å². The van der Waals surface area contributed by atoms with Crippen molar-refractivity contribution >= 4 is 15.7 Å². The normalized spacial score (nSPS) is 13.1. The lowest BCUT2D eigenvalue weighted by Gasteiger charge is -2.37. The van der Waals surface area contributed by atoms with E-state index in [9.17, 15) is 0 Å². The first-order valence-electron chi connectivity index (χ1n) is 9.07. The van der Waals surface area contributed by atoms with Crippen LogP contribution in [0.3, 0.4) is 0 Å². The zero-order valence-corrected chi connectivity index (χ0v) is 17.0. The van der Waals surface area contributed by atoms with E-state index >= 15 is 0 Å². The molecule has 0 radical (unpaired) electrons. The van der Waals surface area contributed by atoms with Gasteiger partial charge in [0.15, 0.2) is 0 Å². The summed E-state index contributed by atoms with van der Waals surface area (Å²) in [6, 6.07) is 15.6. The van der Waals surface area contributed by atoms with E-state index in [0.717, 1.165) is 0 Å². The van der Waals surface area contributed by atoms with Crippen molar-refractivity contribution in [2.45, 2.75) is 64.5 Å². The van der Waals surface area contributed by atoms with Gasteiger partial charge in [-0.2, -0.15) is 0 Å². The fourth-order valence-electron chi connectivity index (χ4n) is 3.43. The van der Waals surface area contributed by atoms with E-state index in [1.54, 1.807) is 0 Å². The van der Waals surface area contributed by atoms with Crippen LogP contribution in [0.2, 0.25) is 0 Å². The van der Waals surface area contributed by atoms with E-state index in [1.807, 2.05) is 0 Å². The average molecular weight is 318 g/mol. The van der Waals surface area contributed by atoms with Gasteiger partial charge in [0.05, 0.1) is 0 Å². The zero-order chi connectivity index (χ0) is 18.3. The average Bonchev–Trinajstić information content (AvgIpc) is 2.44. The Kier molecular flexibility index (Phi) is 4.83. The molecule has 2 aromatic carbocycles. The van der Waals surface area contributed by atoms with Crippen LogP contribution in [0, 0.1) is 0 Å². The van der Waals surface area contributed by atoms with Gasteiger partial charge in [0.25, 0.3) is 0 Å². The molecular formula is C22H32B2. The van der Waals surface area contributed by atoms with Crippen LogP contribution in [0.4, 0.5) is 0 Å². The lowest BCUT2D eigenvalue weighted by molar-refractivity contribution is 0.551. The van der Waals surface area contributed by atoms with Crippen LogP contribution in [-0.2, 0) is 16.0 Å². The lowest BCUT2D eigenvalue weighted by atomic mass is 9.57. The molecule has 0 fully saturated rings. The SMILES string of the molecule is BC(C)(C)c1cc(-c2ccccc2)cc(C(B)(C)C)c1C(C)(C)C. The first-order valence-corrected chi connectivity index (χ1v) is 9.07. The van der Waals surface area contributed by atoms with Gasteiger partial charge < -0.3 is 0 Å². The van der Waals surface area contributed by atoms with Crippen molar-refractivity contribution in [3.63, 3.8) is 0 Å². The Morgan fingerprint density at radius 1 is 0.625 bits per heavy atom. The van der Waals surface area contributed by atoms with Gasteiger partial charge in [-0.25, -0.2) is 0 Å². The zero-order valence-electron chi connectivity index (χ0n) is 17.0. The third kappa shape index (κ3) is 3.97. The minimum atomic E-state index is 0.118. The van der Waals surface area contributed by atoms with E-state index < -0.39 is 0 Å². The van der Waals surface area contributed by atoms with Gasteiger partial charge in [0.2, 0.25) is 0 Å². The summed E-state index contributed by atoms with van der Waals surface area (Å²) in [5.74, 6) is 0. The van der Waals surface area contributed by atoms with Crippen LogP contribution in [0.1, 0.15) is 65.2 Å². The van der Waals surface area contributed by atoms with Crippen LogP contribution < -0.4 is 0 Å². The molecule has 2 aromatic rings. The number of hydrogen-bond donors (Lipinski definition) is 0. The van der Waals surface area contributed by atoms with Gasteiger partial charge in [-0.15, -0.1) is 0 Å². The summed E-state index contributed by atoms with van der Waals surface area (Å²) in [7, 11) is 4.66. The molecule has 0 amide bonds. The molecular weight excluding hydrogens is 286 g/mol. The van der Waals surface area contributed by atoms with Gasteiger partial charge in [0.1, 0.15) is 15.7 Å². The van der Waals surface area contributed by atoms with Gasteiger partial charge in [0, 0.05) is 0 Å². The summed E-state index contributed by atoms with van der Waals surface area (Å²) < 4.78 is 0. The quantitative estimate of drug-likeness (QED) is 0.737. The Balaban J connectivity index is 2.90. The molecule has 0 spiro atoms. The first-order chi connectivity index (χ1) is 10.8. The summed E-state index contributed by atoms with van der Waals surface area (Å²) in [5.41, 5.74) is 7.22. The molecule has 0 aliphatic rings. The molecule has 0 unspecified atom stereocenters. The maximum Gasteiger partial charge on any atom is 0.114 e. The highest BCUT2D eigenvalue weighted by Crippen LogP contribution is 2.41. The molecule has 2 rings (SSSR count). The number of benzene rings is 2. The molecule has 0 aliphatic carbocycles. The summed E-state index contributed by atoms with van der Waals surface area (Å²) in [6.07, 6.45) is 0. The third-order valence-electron chi connectivity index (χ3n) is 4.61. The molecule has 24 heavy (non-hydrogen) atoms. The fraction of sp³-hybridized carbons (Fsp3) is 0.455. The van der Waals surface area contributed by atoms with Gasteiger partial charge in [-0.1, -0.05) is 90.9 Å². The highest BCUT2D eigenvalue weighted by atomic mass is 14.3. The van der Waals surface area contributed by atoms with Crippen LogP contribution in [0.25, 0.3) is 11.1 Å². The van der Waals surface area contributed by atoms with E-state index in [0.29, 0.717) is 0 Å². The molecule has 126 valence electrons. The van der Waals surface area contributed by atoms with Gasteiger partial charge in [-0.05, 0) is 43.9 Å². The standard InChI is InChI=1S/C22H32B2/c1-20(2,3)19-17(21(4,5)23)13-16(14-18(19)22(6,7)24)15-11-9-8-10-12-15/h8-14H,23-24H2,1-7H3. The van der Waals surface area contributed by atoms with Crippen molar-refractivity contribution < 1.29 is 0 Å². The lowest BCUT2D eigenvalue weighted by Crippen LogP contribution is -2.31. The Morgan fingerprint density at radius 2 is 1.04 bits per heavy atom. The van der Waals surface area contributed by atoms with E-state index in [2.05, 4.69) is 107 Å². The van der Waals surface area contributed by atoms with Crippen molar-refractivity contribution in [3.05, 3.63) is 59.2 Å². The van der Waals surface area contributed by atoms with Crippen molar-refractivity contribution in [1.82, 2.24) is 0 Å². The molecule has 2 heteroatoms. The summed E-state index contributed by atoms with van der Waals surface area (Å²) in [5, 5.41) is 0.237. The third-order valence-corrected chi connectivity index (χ3v) is 4.61. The summed E-state index contributed by atoms with van der Waals surface area (Å²) >= 11 is 0. The molecule has 0 N–H and O–H groups in total. The molecule has 0 nitrogen and oxygen atoms in total. The van der Waals surface area contributed by atoms with Crippen LogP contribution >= 0.6 is 0 Å². The Labute approximate surface area is 150 Å². The Bertz CT molecular complexity index is 673. The van der Waals surface area contributed by atoms with Crippen LogP contribution in [-0.4, -0.2) is 15.7 Å². The monoisotopic (exact) mass is 318 g/mol. The molecule has 0 aromatic heterocycles. The maximum atomic E-state index is 2.42. The minimum absolute atomic E-state index is 0.118. The van der Waals surface area contributed by atoms with Crippen molar-refractivity contribution in [1.29, 1.82) is 0 Å². The first kappa shape index (κ1) is 18.9. The molecule has 0 atom stereocenters. The van der Waals surface area contributed by atoms with Gasteiger partial charge in [-0.3, -0.25) is 0 Å². The second-order valence-corrected chi connectivity index (χ2v) is 10.1. The largest absolute Gasteiger partial charge is 0.114 e. The van der Waals surface area contributed by atoms with Crippen molar-refractivity contribution in [2.75, 3.05) is 0 Å². The second kappa shape index (κ2) is 6.13. The minimum Gasteiger partial charge on any atom is -0.0632 e. The van der Waals surface area contributed by atoms with E-state index in [4.69, 9.17) is 0 Å². The van der Waals surface area contributed by atoms with Gasteiger partial charge >= 0.3 is 0 Å². The van der Waals surface area contributed by atoms with E-state index in [1.165, 1.54) is 27.8 Å². The highest BCUT2D eigenvalue weighted by Gasteiger charge is 2.32. The van der Waals surface area contributed by atoms with Crippen LogP contribution in [0.15, 0.2) is 42.5 Å². The Hall–Kier alpha value is -1.43. The highest BCUT2D eigenvalue weighted by molar-refractivity contribution is 6.17. The summed E-state index contributed by atoms with van der Waals surface area (Å²) in [6.45, 7) is 16.4. The molecule has 0 saturated carbocycles. The van der Waals surface area contributed by atoms with Crippen molar-refractivity contribution in [3.8, 4) is 11.1 Å². The predicted molar refractivity (Wildman–Crippen MR) is 114 cm³/mol.